The zero-order valence-corrected chi connectivity index (χ0v) is 14.2. The summed E-state index contributed by atoms with van der Waals surface area (Å²) in [6.45, 7) is 6.04. The van der Waals surface area contributed by atoms with E-state index in [2.05, 4.69) is 10.3 Å². The minimum Gasteiger partial charge on any atom is -0.384 e. The normalized spacial score (nSPS) is 11.1. The minimum absolute atomic E-state index is 0.321. The number of nitrogens with zero attached hydrogens (tertiary/aromatic N) is 3. The standard InChI is InChI=1S/C16H24N4O3/c1-5-11-10-18-14-12(13(11)17-8-7-9-23-6-2)15(21)20(4)16(22)19(14)3/h10H,5-9H2,1-4H3,(H,17,18). The topological polar surface area (TPSA) is 78.2 Å². The summed E-state index contributed by atoms with van der Waals surface area (Å²) in [5.74, 6) is 0. The Morgan fingerprint density at radius 3 is 2.61 bits per heavy atom. The molecule has 2 heterocycles. The van der Waals surface area contributed by atoms with Crippen molar-refractivity contribution in [2.45, 2.75) is 26.7 Å². The van der Waals surface area contributed by atoms with Gasteiger partial charge in [-0.05, 0) is 25.3 Å². The van der Waals surface area contributed by atoms with E-state index in [1.54, 1.807) is 13.2 Å². The summed E-state index contributed by atoms with van der Waals surface area (Å²) in [6.07, 6.45) is 3.32. The van der Waals surface area contributed by atoms with Crippen LogP contribution in [0.2, 0.25) is 0 Å². The van der Waals surface area contributed by atoms with E-state index in [-0.39, 0.29) is 11.2 Å². The molecule has 0 amide bonds. The molecule has 0 atom stereocenters. The molecule has 23 heavy (non-hydrogen) atoms. The van der Waals surface area contributed by atoms with Crippen molar-refractivity contribution in [1.29, 1.82) is 0 Å². The van der Waals surface area contributed by atoms with Gasteiger partial charge in [-0.3, -0.25) is 13.9 Å². The summed E-state index contributed by atoms with van der Waals surface area (Å²) >= 11 is 0. The van der Waals surface area contributed by atoms with Crippen molar-refractivity contribution in [3.8, 4) is 0 Å². The maximum atomic E-state index is 12.6. The zero-order valence-electron chi connectivity index (χ0n) is 14.2. The number of hydrogen-bond acceptors (Lipinski definition) is 5. The van der Waals surface area contributed by atoms with Crippen LogP contribution in [0.1, 0.15) is 25.8 Å². The quantitative estimate of drug-likeness (QED) is 0.771. The second kappa shape index (κ2) is 7.41. The molecule has 0 spiro atoms. The monoisotopic (exact) mass is 320 g/mol. The highest BCUT2D eigenvalue weighted by molar-refractivity contribution is 5.90. The third-order valence-electron chi connectivity index (χ3n) is 3.90. The largest absolute Gasteiger partial charge is 0.384 e. The number of fused-ring (bicyclic) bond motifs is 1. The average Bonchev–Trinajstić information content (AvgIpc) is 2.57. The summed E-state index contributed by atoms with van der Waals surface area (Å²) < 4.78 is 7.85. The van der Waals surface area contributed by atoms with Crippen LogP contribution < -0.4 is 16.6 Å². The fourth-order valence-corrected chi connectivity index (χ4v) is 2.57. The number of aryl methyl sites for hydroxylation is 2. The number of rotatable bonds is 7. The molecule has 7 nitrogen and oxygen atoms in total. The van der Waals surface area contributed by atoms with Gasteiger partial charge in [-0.15, -0.1) is 0 Å². The maximum Gasteiger partial charge on any atom is 0.332 e. The van der Waals surface area contributed by atoms with Crippen LogP contribution in [0.15, 0.2) is 15.8 Å². The molecule has 7 heteroatoms. The molecule has 0 aliphatic rings. The second-order valence-electron chi connectivity index (χ2n) is 5.39. The summed E-state index contributed by atoms with van der Waals surface area (Å²) in [6, 6.07) is 0. The van der Waals surface area contributed by atoms with Crippen LogP contribution in [0, 0.1) is 0 Å². The fourth-order valence-electron chi connectivity index (χ4n) is 2.57. The number of hydrogen-bond donors (Lipinski definition) is 1. The number of nitrogens with one attached hydrogen (secondary N) is 1. The molecule has 2 aromatic heterocycles. The van der Waals surface area contributed by atoms with Crippen LogP contribution in [0.25, 0.3) is 11.0 Å². The van der Waals surface area contributed by atoms with Gasteiger partial charge in [0, 0.05) is 40.1 Å². The molecule has 0 aromatic carbocycles. The van der Waals surface area contributed by atoms with Gasteiger partial charge in [0.1, 0.15) is 5.39 Å². The van der Waals surface area contributed by atoms with E-state index in [1.165, 1.54) is 11.6 Å². The first-order valence-electron chi connectivity index (χ1n) is 7.92. The van der Waals surface area contributed by atoms with Gasteiger partial charge in [0.15, 0.2) is 5.65 Å². The molecular formula is C16H24N4O3. The molecule has 0 aliphatic carbocycles. The highest BCUT2D eigenvalue weighted by Crippen LogP contribution is 2.22. The van der Waals surface area contributed by atoms with E-state index in [0.29, 0.717) is 30.8 Å². The Balaban J connectivity index is 2.52. The molecule has 0 saturated carbocycles. The van der Waals surface area contributed by atoms with Crippen molar-refractivity contribution in [3.63, 3.8) is 0 Å². The Hall–Kier alpha value is -2.15. The first kappa shape index (κ1) is 17.2. The third kappa shape index (κ3) is 3.29. The Labute approximate surface area is 134 Å². The van der Waals surface area contributed by atoms with Crippen molar-refractivity contribution in [2.75, 3.05) is 25.1 Å². The molecule has 0 aliphatic heterocycles. The summed E-state index contributed by atoms with van der Waals surface area (Å²) in [4.78, 5) is 28.9. The highest BCUT2D eigenvalue weighted by atomic mass is 16.5. The van der Waals surface area contributed by atoms with Gasteiger partial charge in [0.25, 0.3) is 5.56 Å². The van der Waals surface area contributed by atoms with Gasteiger partial charge < -0.3 is 10.1 Å². The number of ether oxygens (including phenoxy) is 1. The van der Waals surface area contributed by atoms with E-state index in [1.807, 2.05) is 13.8 Å². The van der Waals surface area contributed by atoms with E-state index in [4.69, 9.17) is 4.74 Å². The molecule has 2 aromatic rings. The van der Waals surface area contributed by atoms with Crippen molar-refractivity contribution in [2.24, 2.45) is 14.1 Å². The summed E-state index contributed by atoms with van der Waals surface area (Å²) in [7, 11) is 3.11. The lowest BCUT2D eigenvalue weighted by molar-refractivity contribution is 0.147. The minimum atomic E-state index is -0.374. The second-order valence-corrected chi connectivity index (χ2v) is 5.39. The van der Waals surface area contributed by atoms with E-state index in [0.717, 1.165) is 28.7 Å². The van der Waals surface area contributed by atoms with Crippen LogP contribution in [0.5, 0.6) is 0 Å². The van der Waals surface area contributed by atoms with Gasteiger partial charge in [0.2, 0.25) is 0 Å². The Morgan fingerprint density at radius 1 is 1.22 bits per heavy atom. The fraction of sp³-hybridized carbons (Fsp3) is 0.562. The molecule has 0 saturated heterocycles. The molecule has 0 radical (unpaired) electrons. The molecule has 0 unspecified atom stereocenters. The smallest absolute Gasteiger partial charge is 0.332 e. The zero-order chi connectivity index (χ0) is 17.0. The van der Waals surface area contributed by atoms with Crippen molar-refractivity contribution >= 4 is 16.7 Å². The van der Waals surface area contributed by atoms with Crippen molar-refractivity contribution in [3.05, 3.63) is 32.6 Å². The average molecular weight is 320 g/mol. The maximum absolute atomic E-state index is 12.6. The lowest BCUT2D eigenvalue weighted by Crippen LogP contribution is -2.37. The molecule has 0 fully saturated rings. The Bertz CT molecular complexity index is 808. The van der Waals surface area contributed by atoms with Crippen LogP contribution in [0.4, 0.5) is 5.69 Å². The van der Waals surface area contributed by atoms with Crippen molar-refractivity contribution in [1.82, 2.24) is 14.1 Å². The van der Waals surface area contributed by atoms with E-state index >= 15 is 0 Å². The van der Waals surface area contributed by atoms with Crippen LogP contribution in [0.3, 0.4) is 0 Å². The molecule has 1 N–H and O–H groups in total. The molecule has 2 rings (SSSR count). The predicted molar refractivity (Wildman–Crippen MR) is 91.2 cm³/mol. The SMILES string of the molecule is CCOCCCNc1c(CC)cnc2c1c(=O)n(C)c(=O)n2C. The first-order valence-corrected chi connectivity index (χ1v) is 7.92. The molecule has 0 bridgehead atoms. The van der Waals surface area contributed by atoms with Crippen LogP contribution in [-0.2, 0) is 25.3 Å². The van der Waals surface area contributed by atoms with Gasteiger partial charge in [-0.2, -0.15) is 0 Å². The lowest BCUT2D eigenvalue weighted by atomic mass is 10.1. The van der Waals surface area contributed by atoms with Crippen molar-refractivity contribution < 1.29 is 4.74 Å². The van der Waals surface area contributed by atoms with Gasteiger partial charge in [0.05, 0.1) is 5.69 Å². The molecule has 126 valence electrons. The Kier molecular flexibility index (Phi) is 5.54. The summed E-state index contributed by atoms with van der Waals surface area (Å²) in [5.41, 5.74) is 1.44. The number of anilines is 1. The van der Waals surface area contributed by atoms with Gasteiger partial charge in [-0.1, -0.05) is 6.92 Å². The van der Waals surface area contributed by atoms with Gasteiger partial charge in [-0.25, -0.2) is 9.78 Å². The van der Waals surface area contributed by atoms with E-state index < -0.39 is 0 Å². The number of aromatic nitrogens is 3. The number of pyridine rings is 1. The van der Waals surface area contributed by atoms with E-state index in [9.17, 15) is 9.59 Å². The van der Waals surface area contributed by atoms with Crippen LogP contribution >= 0.6 is 0 Å². The summed E-state index contributed by atoms with van der Waals surface area (Å²) in [5, 5.41) is 3.80. The Morgan fingerprint density at radius 2 is 1.96 bits per heavy atom. The predicted octanol–water partition coefficient (Wildman–Crippen LogP) is 1.03. The van der Waals surface area contributed by atoms with Gasteiger partial charge >= 0.3 is 5.69 Å². The lowest BCUT2D eigenvalue weighted by Gasteiger charge is -2.15. The molecular weight excluding hydrogens is 296 g/mol. The highest BCUT2D eigenvalue weighted by Gasteiger charge is 2.16. The van der Waals surface area contributed by atoms with Crippen LogP contribution in [-0.4, -0.2) is 33.9 Å². The third-order valence-corrected chi connectivity index (χ3v) is 3.90. The first-order chi connectivity index (χ1) is 11.0.